The first-order valence-electron chi connectivity index (χ1n) is 45.9. The maximum Gasteiger partial charge on any atom is 0.0540 e. The predicted molar refractivity (Wildman–Crippen MR) is 550 cm³/mol. The van der Waals surface area contributed by atoms with E-state index < -0.39 is 0 Å². The van der Waals surface area contributed by atoms with Crippen LogP contribution in [-0.2, 0) is 21.7 Å². The molecule has 0 aliphatic heterocycles. The third-order valence-corrected chi connectivity index (χ3v) is 29.5. The highest BCUT2D eigenvalue weighted by molar-refractivity contribution is 6.02. The molecule has 20 aromatic rings. The summed E-state index contributed by atoms with van der Waals surface area (Å²) in [5.74, 6) is 0. The van der Waals surface area contributed by atoms with Crippen molar-refractivity contribution in [3.05, 3.63) is 481 Å². The maximum atomic E-state index is 2.54. The highest BCUT2D eigenvalue weighted by Gasteiger charge is 2.42. The zero-order valence-corrected chi connectivity index (χ0v) is 74.5. The van der Waals surface area contributed by atoms with E-state index in [9.17, 15) is 0 Å². The average molecular weight is 1660 g/mol. The molecule has 0 saturated carbocycles. The standard InChI is InChI=1S/C128H96N2/c1-125(2)115-45-21-19-42-106(115)107-63-53-92(74-116(107)125)84-51-58-97(59-52-84)129(98-60-67-112-109-65-55-95(76-118(109)127(5,6)120(112)78-98)103-43-25-33-85-31-15-17-39-101(85)103)124-70-57-91(73-114(124)87-49-47-83(48-50-87)81-27-11-9-12-28-81)89-36-23-37-90(71-89)93-54-64-108-111-68-61-99(79-121(111)126(3,4)117(108)75-93)130(123-46-22-20-41-105(123)94-38-24-35-88(72-94)82-29-13-10-14-30-82)100-62-69-113-110-66-56-96(77-119(110)128(7,8)122(113)80-100)104-44-26-34-86-32-16-18-40-102(86)104/h9-80H,1-8H3. The summed E-state index contributed by atoms with van der Waals surface area (Å²) < 4.78 is 0. The quantitative estimate of drug-likeness (QED) is 0.101. The lowest BCUT2D eigenvalue weighted by atomic mass is 9.81. The van der Waals surface area contributed by atoms with Crippen molar-refractivity contribution in [1.29, 1.82) is 0 Å². The molecule has 0 heterocycles. The molecule has 0 aromatic heterocycles. The van der Waals surface area contributed by atoms with Gasteiger partial charge in [0.15, 0.2) is 0 Å². The Morgan fingerprint density at radius 3 is 0.915 bits per heavy atom. The van der Waals surface area contributed by atoms with Crippen LogP contribution in [0.5, 0.6) is 0 Å². The molecule has 0 saturated heterocycles. The van der Waals surface area contributed by atoms with Gasteiger partial charge < -0.3 is 9.80 Å². The van der Waals surface area contributed by atoms with E-state index in [1.807, 2.05) is 0 Å². The van der Waals surface area contributed by atoms with Crippen molar-refractivity contribution in [3.8, 4) is 145 Å². The Balaban J connectivity index is 0.604. The van der Waals surface area contributed by atoms with Crippen LogP contribution >= 0.6 is 0 Å². The lowest BCUT2D eigenvalue weighted by Gasteiger charge is -2.31. The molecule has 4 aliphatic carbocycles. The topological polar surface area (TPSA) is 6.48 Å². The minimum Gasteiger partial charge on any atom is -0.310 e. The zero-order valence-electron chi connectivity index (χ0n) is 74.5. The molecule has 0 atom stereocenters. The fraction of sp³-hybridized carbons (Fsp3) is 0.0938. The van der Waals surface area contributed by atoms with E-state index in [0.717, 1.165) is 67.5 Å². The van der Waals surface area contributed by atoms with Gasteiger partial charge in [0.05, 0.1) is 11.4 Å². The Kier molecular flexibility index (Phi) is 18.1. The minimum atomic E-state index is -0.369. The van der Waals surface area contributed by atoms with Gasteiger partial charge in [-0.3, -0.25) is 0 Å². The predicted octanol–water partition coefficient (Wildman–Crippen LogP) is 35.2. The maximum absolute atomic E-state index is 2.54. The Morgan fingerprint density at radius 2 is 0.400 bits per heavy atom. The van der Waals surface area contributed by atoms with Gasteiger partial charge in [-0.15, -0.1) is 0 Å². The third-order valence-electron chi connectivity index (χ3n) is 29.5. The van der Waals surface area contributed by atoms with E-state index in [4.69, 9.17) is 0 Å². The second-order valence-electron chi connectivity index (χ2n) is 38.3. The summed E-state index contributed by atoms with van der Waals surface area (Å²) in [6, 6.07) is 165. The van der Waals surface area contributed by atoms with Crippen LogP contribution in [0.2, 0.25) is 0 Å². The summed E-state index contributed by atoms with van der Waals surface area (Å²) in [6.07, 6.45) is 0. The van der Waals surface area contributed by atoms with Crippen molar-refractivity contribution < 1.29 is 0 Å². The molecule has 20 aromatic carbocycles. The van der Waals surface area contributed by atoms with E-state index in [2.05, 4.69) is 502 Å². The number of hydrogen-bond donors (Lipinski definition) is 0. The number of nitrogens with zero attached hydrogens (tertiary/aromatic N) is 2. The molecule has 0 amide bonds. The van der Waals surface area contributed by atoms with Gasteiger partial charge in [-0.2, -0.15) is 0 Å². The number of rotatable bonds is 15. The monoisotopic (exact) mass is 1660 g/mol. The Hall–Kier alpha value is -15.5. The van der Waals surface area contributed by atoms with Gasteiger partial charge in [-0.1, -0.05) is 389 Å². The molecule has 0 unspecified atom stereocenters. The Labute approximate surface area is 763 Å². The van der Waals surface area contributed by atoms with Crippen LogP contribution < -0.4 is 9.80 Å². The lowest BCUT2D eigenvalue weighted by Crippen LogP contribution is -2.18. The summed E-state index contributed by atoms with van der Waals surface area (Å²) >= 11 is 0. The average Bonchev–Trinajstić information content (AvgIpc) is 1.55. The first-order valence-corrected chi connectivity index (χ1v) is 45.9. The molecule has 0 radical (unpaired) electrons. The molecule has 2 heteroatoms. The van der Waals surface area contributed by atoms with Crippen LogP contribution in [0, 0.1) is 0 Å². The van der Waals surface area contributed by atoms with Crippen molar-refractivity contribution in [3.63, 3.8) is 0 Å². The highest BCUT2D eigenvalue weighted by Crippen LogP contribution is 2.59. The molecular formula is C128H96N2. The zero-order chi connectivity index (χ0) is 87.5. The molecular weight excluding hydrogens is 1570 g/mol. The highest BCUT2D eigenvalue weighted by atomic mass is 15.2. The van der Waals surface area contributed by atoms with E-state index in [0.29, 0.717) is 0 Å². The van der Waals surface area contributed by atoms with Crippen LogP contribution in [-0.4, -0.2) is 0 Å². The molecule has 4 aliphatic rings. The summed E-state index contributed by atoms with van der Waals surface area (Å²) in [5, 5.41) is 5.03. The third kappa shape index (κ3) is 12.7. The van der Waals surface area contributed by atoms with Crippen LogP contribution in [0.15, 0.2) is 437 Å². The smallest absolute Gasteiger partial charge is 0.0540 e. The molecule has 130 heavy (non-hydrogen) atoms. The lowest BCUT2D eigenvalue weighted by molar-refractivity contribution is 0.660. The first kappa shape index (κ1) is 78.0. The number of hydrogen-bond acceptors (Lipinski definition) is 2. The molecule has 618 valence electrons. The fourth-order valence-corrected chi connectivity index (χ4v) is 22.5. The van der Waals surface area contributed by atoms with Crippen LogP contribution in [0.3, 0.4) is 0 Å². The van der Waals surface area contributed by atoms with E-state index >= 15 is 0 Å². The number of fused-ring (bicyclic) bond motifs is 14. The van der Waals surface area contributed by atoms with Gasteiger partial charge in [0.1, 0.15) is 0 Å². The fourth-order valence-electron chi connectivity index (χ4n) is 22.5. The minimum absolute atomic E-state index is 0.122. The Bertz CT molecular complexity index is 8000. The van der Waals surface area contributed by atoms with E-state index in [1.165, 1.54) is 177 Å². The second kappa shape index (κ2) is 30.1. The molecule has 24 rings (SSSR count). The van der Waals surface area contributed by atoms with Gasteiger partial charge >= 0.3 is 0 Å². The van der Waals surface area contributed by atoms with Gasteiger partial charge in [-0.25, -0.2) is 0 Å². The SMILES string of the molecule is CC1(C)c2ccccc2-c2ccc(-c3ccc(N(c4ccc5c(c4)C(C)(C)c4cc(-c6cccc7ccccc67)ccc4-5)c4ccc(-c5cccc(-c6ccc7c(c6)C(C)(C)c6cc(N(c8ccc9c(c8)C(C)(C)c8cc(-c%10cccc%11ccccc%10%11)ccc8-9)c8ccccc8-c8cccc(-c9ccccc9)c8)ccc6-7)c5)cc4-c4ccc(-c5ccccc5)cc4)cc3)cc21. The summed E-state index contributed by atoms with van der Waals surface area (Å²) in [7, 11) is 0. The second-order valence-corrected chi connectivity index (χ2v) is 38.3. The van der Waals surface area contributed by atoms with Crippen molar-refractivity contribution in [2.24, 2.45) is 0 Å². The molecule has 0 fully saturated rings. The Morgan fingerprint density at radius 1 is 0.138 bits per heavy atom. The molecule has 2 nitrogen and oxygen atoms in total. The van der Waals surface area contributed by atoms with E-state index in [1.54, 1.807) is 0 Å². The normalized spacial score (nSPS) is 13.9. The van der Waals surface area contributed by atoms with E-state index in [-0.39, 0.29) is 21.7 Å². The van der Waals surface area contributed by atoms with Crippen LogP contribution in [0.4, 0.5) is 34.1 Å². The molecule has 0 bridgehead atoms. The van der Waals surface area contributed by atoms with Crippen LogP contribution in [0.25, 0.3) is 166 Å². The summed E-state index contributed by atoms with van der Waals surface area (Å²) in [6.45, 7) is 19.3. The summed E-state index contributed by atoms with van der Waals surface area (Å²) in [5.41, 5.74) is 47.9. The van der Waals surface area contributed by atoms with Crippen LogP contribution in [0.1, 0.15) is 99.9 Å². The first-order chi connectivity index (χ1) is 63.4. The number of anilines is 6. The molecule has 0 spiro atoms. The number of benzene rings is 20. The number of para-hydroxylation sites is 1. The van der Waals surface area contributed by atoms with Gasteiger partial charge in [-0.05, 0) is 303 Å². The van der Waals surface area contributed by atoms with Gasteiger partial charge in [0.2, 0.25) is 0 Å². The van der Waals surface area contributed by atoms with Crippen molar-refractivity contribution in [2.75, 3.05) is 9.80 Å². The van der Waals surface area contributed by atoms with Gasteiger partial charge in [0.25, 0.3) is 0 Å². The van der Waals surface area contributed by atoms with Crippen molar-refractivity contribution >= 4 is 55.7 Å². The van der Waals surface area contributed by atoms with Gasteiger partial charge in [0, 0.05) is 55.5 Å². The largest absolute Gasteiger partial charge is 0.310 e. The summed E-state index contributed by atoms with van der Waals surface area (Å²) in [4.78, 5) is 5.07. The molecule has 0 N–H and O–H groups in total. The van der Waals surface area contributed by atoms with Crippen molar-refractivity contribution in [2.45, 2.75) is 77.0 Å². The van der Waals surface area contributed by atoms with Crippen molar-refractivity contribution in [1.82, 2.24) is 0 Å².